The van der Waals surface area contributed by atoms with Crippen LogP contribution in [0.3, 0.4) is 0 Å². The second kappa shape index (κ2) is 6.44. The van der Waals surface area contributed by atoms with Gasteiger partial charge in [0.05, 0.1) is 7.11 Å². The van der Waals surface area contributed by atoms with E-state index in [1.165, 1.54) is 19.2 Å². The van der Waals surface area contributed by atoms with Crippen LogP contribution in [0.1, 0.15) is 36.5 Å². The van der Waals surface area contributed by atoms with E-state index in [1.54, 1.807) is 6.07 Å². The Morgan fingerprint density at radius 3 is 2.67 bits per heavy atom. The van der Waals surface area contributed by atoms with E-state index < -0.39 is 10.0 Å². The summed E-state index contributed by atoms with van der Waals surface area (Å²) in [7, 11) is -2.29. The lowest BCUT2D eigenvalue weighted by Crippen LogP contribution is -2.27. The molecule has 6 nitrogen and oxygen atoms in total. The number of hydrogen-bond donors (Lipinski definition) is 2. The molecule has 0 radical (unpaired) electrons. The van der Waals surface area contributed by atoms with Crippen molar-refractivity contribution in [1.82, 2.24) is 10.0 Å². The van der Waals surface area contributed by atoms with Crippen molar-refractivity contribution in [2.75, 3.05) is 13.7 Å². The van der Waals surface area contributed by atoms with E-state index in [0.717, 1.165) is 12.8 Å². The lowest BCUT2D eigenvalue weighted by molar-refractivity contribution is 0.0951. The standard InChI is InChI=1S/C14H20N2O4S/c1-3-8-15-21(18,19)13-9-10(4-7-12(13)20-2)14(17)16-11-5-6-11/h4,7,9,11,15H,3,5-6,8H2,1-2H3,(H,16,17). The Labute approximate surface area is 124 Å². The molecule has 0 heterocycles. The van der Waals surface area contributed by atoms with Crippen molar-refractivity contribution in [3.05, 3.63) is 23.8 Å². The first kappa shape index (κ1) is 15.8. The second-order valence-electron chi connectivity index (χ2n) is 5.01. The molecule has 1 aromatic carbocycles. The first-order chi connectivity index (χ1) is 9.97. The molecule has 1 aliphatic rings. The molecule has 1 fully saturated rings. The number of amides is 1. The maximum Gasteiger partial charge on any atom is 0.251 e. The van der Waals surface area contributed by atoms with Crippen LogP contribution in [0.15, 0.2) is 23.1 Å². The van der Waals surface area contributed by atoms with Crippen molar-refractivity contribution in [2.24, 2.45) is 0 Å². The molecule has 0 aliphatic heterocycles. The van der Waals surface area contributed by atoms with Gasteiger partial charge in [0, 0.05) is 18.2 Å². The summed E-state index contributed by atoms with van der Waals surface area (Å²) in [5.74, 6) is -0.0336. The van der Waals surface area contributed by atoms with Gasteiger partial charge in [-0.15, -0.1) is 0 Å². The molecule has 0 saturated heterocycles. The van der Waals surface area contributed by atoms with Crippen LogP contribution in [0.5, 0.6) is 5.75 Å². The summed E-state index contributed by atoms with van der Waals surface area (Å²) >= 11 is 0. The number of benzene rings is 1. The number of rotatable bonds is 7. The van der Waals surface area contributed by atoms with Gasteiger partial charge in [0.1, 0.15) is 10.6 Å². The SMILES string of the molecule is CCCNS(=O)(=O)c1cc(C(=O)NC2CC2)ccc1OC. The lowest BCUT2D eigenvalue weighted by atomic mass is 10.2. The minimum absolute atomic E-state index is 0.0121. The highest BCUT2D eigenvalue weighted by Crippen LogP contribution is 2.26. The third-order valence-corrected chi connectivity index (χ3v) is 4.65. The van der Waals surface area contributed by atoms with Crippen LogP contribution in [-0.4, -0.2) is 34.0 Å². The van der Waals surface area contributed by atoms with Crippen LogP contribution >= 0.6 is 0 Å². The minimum Gasteiger partial charge on any atom is -0.495 e. The minimum atomic E-state index is -3.69. The van der Waals surface area contributed by atoms with Crippen molar-refractivity contribution in [3.8, 4) is 5.75 Å². The van der Waals surface area contributed by atoms with Crippen LogP contribution in [0.25, 0.3) is 0 Å². The maximum absolute atomic E-state index is 12.3. The molecule has 1 aliphatic carbocycles. The van der Waals surface area contributed by atoms with Crippen LogP contribution in [0, 0.1) is 0 Å². The van der Waals surface area contributed by atoms with E-state index in [2.05, 4.69) is 10.0 Å². The number of sulfonamides is 1. The van der Waals surface area contributed by atoms with Gasteiger partial charge in [-0.25, -0.2) is 13.1 Å². The van der Waals surface area contributed by atoms with E-state index in [1.807, 2.05) is 6.92 Å². The highest BCUT2D eigenvalue weighted by Gasteiger charge is 2.25. The zero-order valence-corrected chi connectivity index (χ0v) is 13.0. The molecule has 7 heteroatoms. The van der Waals surface area contributed by atoms with Crippen LogP contribution in [0.2, 0.25) is 0 Å². The quantitative estimate of drug-likeness (QED) is 0.794. The molecule has 1 amide bonds. The Kier molecular flexibility index (Phi) is 4.84. The van der Waals surface area contributed by atoms with Crippen molar-refractivity contribution in [1.29, 1.82) is 0 Å². The molecule has 1 saturated carbocycles. The summed E-state index contributed by atoms with van der Waals surface area (Å²) in [5.41, 5.74) is 0.319. The summed E-state index contributed by atoms with van der Waals surface area (Å²) in [6, 6.07) is 4.64. The van der Waals surface area contributed by atoms with Gasteiger partial charge >= 0.3 is 0 Å². The monoisotopic (exact) mass is 312 g/mol. The van der Waals surface area contributed by atoms with Crippen molar-refractivity contribution in [2.45, 2.75) is 37.1 Å². The molecular formula is C14H20N2O4S. The van der Waals surface area contributed by atoms with Crippen LogP contribution < -0.4 is 14.8 Å². The summed E-state index contributed by atoms with van der Waals surface area (Å²) in [5, 5.41) is 2.83. The molecule has 0 spiro atoms. The van der Waals surface area contributed by atoms with E-state index in [9.17, 15) is 13.2 Å². The van der Waals surface area contributed by atoms with Crippen LogP contribution in [-0.2, 0) is 10.0 Å². The van der Waals surface area contributed by atoms with Gasteiger partial charge in [-0.3, -0.25) is 4.79 Å². The third-order valence-electron chi connectivity index (χ3n) is 3.17. The van der Waals surface area contributed by atoms with E-state index in [0.29, 0.717) is 18.5 Å². The highest BCUT2D eigenvalue weighted by atomic mass is 32.2. The fourth-order valence-electron chi connectivity index (χ4n) is 1.84. The maximum atomic E-state index is 12.3. The predicted octanol–water partition coefficient (Wildman–Crippen LogP) is 1.28. The number of methoxy groups -OCH3 is 1. The number of hydrogen-bond acceptors (Lipinski definition) is 4. The average molecular weight is 312 g/mol. The largest absolute Gasteiger partial charge is 0.495 e. The van der Waals surface area contributed by atoms with E-state index >= 15 is 0 Å². The van der Waals surface area contributed by atoms with Gasteiger partial charge in [-0.05, 0) is 37.5 Å². The molecule has 2 N–H and O–H groups in total. The third kappa shape index (κ3) is 3.95. The fourth-order valence-corrected chi connectivity index (χ4v) is 3.17. The van der Waals surface area contributed by atoms with Crippen LogP contribution in [0.4, 0.5) is 0 Å². The van der Waals surface area contributed by atoms with E-state index in [4.69, 9.17) is 4.74 Å². The molecule has 0 bridgehead atoms. The van der Waals surface area contributed by atoms with Gasteiger partial charge in [-0.2, -0.15) is 0 Å². The zero-order valence-electron chi connectivity index (χ0n) is 12.2. The summed E-state index contributed by atoms with van der Waals surface area (Å²) in [6.45, 7) is 2.21. The Hall–Kier alpha value is -1.60. The van der Waals surface area contributed by atoms with Gasteiger partial charge in [-0.1, -0.05) is 6.92 Å². The summed E-state index contributed by atoms with van der Waals surface area (Å²) in [6.07, 6.45) is 2.64. The molecule has 21 heavy (non-hydrogen) atoms. The zero-order chi connectivity index (χ0) is 15.5. The molecule has 0 aromatic heterocycles. The van der Waals surface area contributed by atoms with E-state index in [-0.39, 0.29) is 22.6 Å². The van der Waals surface area contributed by atoms with Gasteiger partial charge in [0.2, 0.25) is 10.0 Å². The average Bonchev–Trinajstić information content (AvgIpc) is 3.28. The molecule has 116 valence electrons. The summed E-state index contributed by atoms with van der Waals surface area (Å²) < 4.78 is 32.1. The number of ether oxygens (including phenoxy) is 1. The molecule has 1 aromatic rings. The number of carbonyl (C=O) groups is 1. The van der Waals surface area contributed by atoms with Gasteiger partial charge < -0.3 is 10.1 Å². The lowest BCUT2D eigenvalue weighted by Gasteiger charge is -2.12. The highest BCUT2D eigenvalue weighted by molar-refractivity contribution is 7.89. The smallest absolute Gasteiger partial charge is 0.251 e. The summed E-state index contributed by atoms with van der Waals surface area (Å²) in [4.78, 5) is 12.0. The number of carbonyl (C=O) groups excluding carboxylic acids is 1. The fraction of sp³-hybridized carbons (Fsp3) is 0.500. The van der Waals surface area contributed by atoms with Crippen molar-refractivity contribution >= 4 is 15.9 Å². The van der Waals surface area contributed by atoms with Crippen molar-refractivity contribution < 1.29 is 17.9 Å². The molecule has 2 rings (SSSR count). The Bertz CT molecular complexity index is 624. The van der Waals surface area contributed by atoms with Crippen molar-refractivity contribution in [3.63, 3.8) is 0 Å². The topological polar surface area (TPSA) is 84.5 Å². The Morgan fingerprint density at radius 1 is 1.38 bits per heavy atom. The molecule has 0 atom stereocenters. The number of nitrogens with one attached hydrogen (secondary N) is 2. The second-order valence-corrected chi connectivity index (χ2v) is 6.75. The molecular weight excluding hydrogens is 292 g/mol. The predicted molar refractivity (Wildman–Crippen MR) is 79.0 cm³/mol. The Balaban J connectivity index is 2.30. The first-order valence-corrected chi connectivity index (χ1v) is 8.45. The normalized spacial score (nSPS) is 14.8. The molecule has 0 unspecified atom stereocenters. The first-order valence-electron chi connectivity index (χ1n) is 6.96. The van der Waals surface area contributed by atoms with Gasteiger partial charge in [0.25, 0.3) is 5.91 Å². The van der Waals surface area contributed by atoms with Gasteiger partial charge in [0.15, 0.2) is 0 Å². The Morgan fingerprint density at radius 2 is 2.10 bits per heavy atom.